The highest BCUT2D eigenvalue weighted by atomic mass is 31.1. The van der Waals surface area contributed by atoms with E-state index in [-0.39, 0.29) is 0 Å². The maximum Gasteiger partial charge on any atom is 0.402 e. The Labute approximate surface area is 137 Å². The molecular weight excluding hydrogens is 305 g/mol. The zero-order valence-corrected chi connectivity index (χ0v) is 13.4. The summed E-state index contributed by atoms with van der Waals surface area (Å²) in [4.78, 5) is 8.78. The summed E-state index contributed by atoms with van der Waals surface area (Å²) >= 11 is 0. The predicted octanol–water partition coefficient (Wildman–Crippen LogP) is 3.07. The normalized spacial score (nSPS) is 9.78. The topological polar surface area (TPSA) is 63.3 Å². The average Bonchev–Trinajstić information content (AvgIpc) is 2.58. The van der Waals surface area contributed by atoms with Crippen LogP contribution in [0.15, 0.2) is 91.0 Å². The Kier molecular flexibility index (Phi) is 6.34. The minimum atomic E-state index is -1.33. The van der Waals surface area contributed by atoms with Gasteiger partial charge in [0.15, 0.2) is 0 Å². The maximum absolute atomic E-state index is 8.78. The molecule has 0 radical (unpaired) electrons. The first-order valence-electron chi connectivity index (χ1n) is 7.12. The van der Waals surface area contributed by atoms with Crippen LogP contribution < -0.4 is 21.6 Å². The van der Waals surface area contributed by atoms with Crippen LogP contribution >= 0.6 is 7.92 Å². The molecule has 0 saturated heterocycles. The molecule has 0 aliphatic carbocycles. The van der Waals surface area contributed by atoms with Crippen LogP contribution in [0, 0.1) is 0 Å². The first-order chi connectivity index (χ1) is 11.2. The highest BCUT2D eigenvalue weighted by Crippen LogP contribution is 2.32. The van der Waals surface area contributed by atoms with Crippen LogP contribution in [0.25, 0.3) is 0 Å². The lowest BCUT2D eigenvalue weighted by Crippen LogP contribution is -2.20. The number of hydrogen-bond donors (Lipinski definition) is 2. The third-order valence-electron chi connectivity index (χ3n) is 3.04. The van der Waals surface area contributed by atoms with Crippen LogP contribution in [-0.2, 0) is 0 Å². The summed E-state index contributed by atoms with van der Waals surface area (Å²) < 4.78 is 0. The van der Waals surface area contributed by atoms with E-state index in [4.69, 9.17) is 9.90 Å². The van der Waals surface area contributed by atoms with E-state index >= 15 is 0 Å². The predicted molar refractivity (Wildman–Crippen MR) is 97.4 cm³/mol. The smallest absolute Gasteiger partial charge is 0.402 e. The standard InChI is InChI=1S/C18H15P.CH3NO2/c1-4-10-16(11-5-1)19(17-12-6-2-7-13-17)18-14-8-3-9-15-18;2-1(3)4/h1-15H;2H2,(H,3,4). The van der Waals surface area contributed by atoms with Gasteiger partial charge in [0.05, 0.1) is 0 Å². The Morgan fingerprint density at radius 1 is 0.652 bits per heavy atom. The highest BCUT2D eigenvalue weighted by molar-refractivity contribution is 7.79. The fourth-order valence-electron chi connectivity index (χ4n) is 2.18. The van der Waals surface area contributed by atoms with Crippen molar-refractivity contribution in [2.45, 2.75) is 0 Å². The van der Waals surface area contributed by atoms with Crippen LogP contribution in [0.3, 0.4) is 0 Å². The molecule has 0 spiro atoms. The summed E-state index contributed by atoms with van der Waals surface area (Å²) in [6, 6.07) is 32.3. The first kappa shape index (κ1) is 16.7. The number of rotatable bonds is 3. The number of primary amides is 1. The minimum absolute atomic E-state index is 0.446. The van der Waals surface area contributed by atoms with Crippen LogP contribution in [0.5, 0.6) is 0 Å². The highest BCUT2D eigenvalue weighted by Gasteiger charge is 2.14. The molecule has 0 aliphatic rings. The van der Waals surface area contributed by atoms with Crippen molar-refractivity contribution >= 4 is 29.9 Å². The van der Waals surface area contributed by atoms with Gasteiger partial charge in [0.2, 0.25) is 0 Å². The lowest BCUT2D eigenvalue weighted by atomic mass is 10.4. The molecule has 4 heteroatoms. The Morgan fingerprint density at radius 2 is 0.870 bits per heavy atom. The van der Waals surface area contributed by atoms with Crippen LogP contribution in [-0.4, -0.2) is 11.2 Å². The van der Waals surface area contributed by atoms with Crippen molar-refractivity contribution in [3.05, 3.63) is 91.0 Å². The molecule has 0 fully saturated rings. The van der Waals surface area contributed by atoms with E-state index in [1.54, 1.807) is 0 Å². The summed E-state index contributed by atoms with van der Waals surface area (Å²) in [7, 11) is -0.446. The zero-order valence-electron chi connectivity index (χ0n) is 12.5. The van der Waals surface area contributed by atoms with Crippen molar-refractivity contribution < 1.29 is 9.90 Å². The van der Waals surface area contributed by atoms with Gasteiger partial charge in [-0.3, -0.25) is 0 Å². The number of carboxylic acid groups (broad SMARTS) is 1. The van der Waals surface area contributed by atoms with Crippen molar-refractivity contribution in [2.24, 2.45) is 5.73 Å². The van der Waals surface area contributed by atoms with Gasteiger partial charge in [-0.25, -0.2) is 4.79 Å². The monoisotopic (exact) mass is 323 g/mol. The van der Waals surface area contributed by atoms with E-state index in [1.165, 1.54) is 15.9 Å². The molecule has 3 rings (SSSR count). The summed E-state index contributed by atoms with van der Waals surface area (Å²) in [6.45, 7) is 0. The van der Waals surface area contributed by atoms with Crippen molar-refractivity contribution in [3.63, 3.8) is 0 Å². The second kappa shape index (κ2) is 8.72. The first-order valence-corrected chi connectivity index (χ1v) is 8.46. The maximum atomic E-state index is 8.78. The van der Waals surface area contributed by atoms with Gasteiger partial charge in [-0.05, 0) is 23.8 Å². The van der Waals surface area contributed by atoms with E-state index in [0.717, 1.165) is 0 Å². The van der Waals surface area contributed by atoms with E-state index in [0.29, 0.717) is 0 Å². The number of hydrogen-bond acceptors (Lipinski definition) is 1. The van der Waals surface area contributed by atoms with E-state index in [2.05, 4.69) is 96.7 Å². The Bertz CT molecular complexity index is 620. The van der Waals surface area contributed by atoms with Gasteiger partial charge in [-0.1, -0.05) is 91.0 Å². The van der Waals surface area contributed by atoms with Gasteiger partial charge in [-0.15, -0.1) is 0 Å². The molecule has 0 aliphatic heterocycles. The summed E-state index contributed by atoms with van der Waals surface area (Å²) in [5.74, 6) is 0. The largest absolute Gasteiger partial charge is 0.465 e. The molecule has 0 bridgehead atoms. The lowest BCUT2D eigenvalue weighted by Gasteiger charge is -2.18. The molecule has 0 saturated carbocycles. The fourth-order valence-corrected chi connectivity index (χ4v) is 4.48. The third-order valence-corrected chi connectivity index (χ3v) is 5.49. The van der Waals surface area contributed by atoms with Gasteiger partial charge in [0, 0.05) is 0 Å². The van der Waals surface area contributed by atoms with Crippen molar-refractivity contribution in [1.82, 2.24) is 0 Å². The Morgan fingerprint density at radius 3 is 1.09 bits per heavy atom. The Balaban J connectivity index is 0.000000433. The van der Waals surface area contributed by atoms with Gasteiger partial charge < -0.3 is 10.8 Å². The molecule has 3 aromatic rings. The molecule has 0 aromatic heterocycles. The van der Waals surface area contributed by atoms with Crippen molar-refractivity contribution in [2.75, 3.05) is 0 Å². The number of carbonyl (C=O) groups is 1. The molecule has 1 amide bonds. The SMILES string of the molecule is NC(=O)O.c1ccc(P(c2ccccc2)c2ccccc2)cc1. The number of amides is 1. The molecule has 3 N–H and O–H groups in total. The Hall–Kier alpha value is -2.64. The van der Waals surface area contributed by atoms with Crippen LogP contribution in [0.2, 0.25) is 0 Å². The summed E-state index contributed by atoms with van der Waals surface area (Å²) in [6.07, 6.45) is -1.33. The second-order valence-electron chi connectivity index (χ2n) is 4.68. The van der Waals surface area contributed by atoms with Crippen molar-refractivity contribution in [3.8, 4) is 0 Å². The number of benzene rings is 3. The molecule has 3 aromatic carbocycles. The van der Waals surface area contributed by atoms with Gasteiger partial charge in [0.1, 0.15) is 0 Å². The second-order valence-corrected chi connectivity index (χ2v) is 6.90. The molecule has 0 unspecified atom stereocenters. The summed E-state index contributed by atoms with van der Waals surface area (Å²) in [5, 5.41) is 11.4. The number of nitrogens with two attached hydrogens (primary N) is 1. The molecule has 0 atom stereocenters. The lowest BCUT2D eigenvalue weighted by molar-refractivity contribution is 0.205. The molecular formula is C19H18NO2P. The van der Waals surface area contributed by atoms with E-state index in [1.807, 2.05) is 0 Å². The van der Waals surface area contributed by atoms with Gasteiger partial charge >= 0.3 is 6.09 Å². The molecule has 23 heavy (non-hydrogen) atoms. The average molecular weight is 323 g/mol. The minimum Gasteiger partial charge on any atom is -0.465 e. The molecule has 0 heterocycles. The summed E-state index contributed by atoms with van der Waals surface area (Å²) in [5.41, 5.74) is 4.03. The van der Waals surface area contributed by atoms with Gasteiger partial charge in [0.25, 0.3) is 0 Å². The molecule has 3 nitrogen and oxygen atoms in total. The van der Waals surface area contributed by atoms with E-state index in [9.17, 15) is 0 Å². The van der Waals surface area contributed by atoms with Crippen LogP contribution in [0.1, 0.15) is 0 Å². The quantitative estimate of drug-likeness (QED) is 0.728. The van der Waals surface area contributed by atoms with E-state index < -0.39 is 14.0 Å². The fraction of sp³-hybridized carbons (Fsp3) is 0. The van der Waals surface area contributed by atoms with Crippen LogP contribution in [0.4, 0.5) is 4.79 Å². The third kappa shape index (κ3) is 5.24. The zero-order chi connectivity index (χ0) is 16.5. The van der Waals surface area contributed by atoms with Gasteiger partial charge in [-0.2, -0.15) is 0 Å². The molecule has 116 valence electrons. The van der Waals surface area contributed by atoms with Crippen molar-refractivity contribution in [1.29, 1.82) is 0 Å².